The highest BCUT2D eigenvalue weighted by Crippen LogP contribution is 2.39. The van der Waals surface area contributed by atoms with Gasteiger partial charge in [0, 0.05) is 11.1 Å². The van der Waals surface area contributed by atoms with Crippen molar-refractivity contribution in [3.05, 3.63) is 52.0 Å². The third kappa shape index (κ3) is 5.48. The van der Waals surface area contributed by atoms with Gasteiger partial charge >= 0.3 is 12.1 Å². The molecule has 3 rings (SSSR count). The number of alkyl halides is 3. The fraction of sp³-hybridized carbons (Fsp3) is 0.300. The number of ether oxygens (including phenoxy) is 1. The number of rotatable bonds is 7. The van der Waals surface area contributed by atoms with Gasteiger partial charge in [-0.05, 0) is 52.2 Å². The quantitative estimate of drug-likeness (QED) is 0.426. The molecule has 0 radical (unpaired) electrons. The van der Waals surface area contributed by atoms with E-state index in [0.717, 1.165) is 17.6 Å². The largest absolute Gasteiger partial charge is 0.466 e. The first-order valence-corrected chi connectivity index (χ1v) is 12.9. The highest BCUT2D eigenvalue weighted by Gasteiger charge is 2.39. The van der Waals surface area contributed by atoms with Crippen LogP contribution in [-0.4, -0.2) is 41.9 Å². The standard InChI is InChI=1S/C20H18BrF3N2O5S2/c1-3-31-17(28)9-15-25-18(20(22,23)24)19(21)26(15)16-7-6-13(32-16)11-4-5-12(10-27)14(8-11)33(2,29)30/h4-8,27H,3,9-10H2,1-2H3. The Morgan fingerprint density at radius 2 is 1.97 bits per heavy atom. The number of aromatic nitrogens is 2. The van der Waals surface area contributed by atoms with Crippen LogP contribution in [0.25, 0.3) is 15.4 Å². The number of hydrogen-bond donors (Lipinski definition) is 1. The molecule has 7 nitrogen and oxygen atoms in total. The molecule has 0 spiro atoms. The highest BCUT2D eigenvalue weighted by molar-refractivity contribution is 9.10. The van der Waals surface area contributed by atoms with Crippen LogP contribution < -0.4 is 0 Å². The van der Waals surface area contributed by atoms with Crippen LogP contribution in [-0.2, 0) is 38.6 Å². The minimum absolute atomic E-state index is 0.0383. The summed E-state index contributed by atoms with van der Waals surface area (Å²) in [5.41, 5.74) is -0.437. The summed E-state index contributed by atoms with van der Waals surface area (Å²) in [4.78, 5) is 16.1. The summed E-state index contributed by atoms with van der Waals surface area (Å²) in [6.45, 7) is 1.19. The molecule has 0 unspecified atom stereocenters. The molecule has 0 aliphatic heterocycles. The molecule has 1 aromatic carbocycles. The first-order chi connectivity index (χ1) is 15.4. The van der Waals surface area contributed by atoms with Crippen molar-refractivity contribution in [3.63, 3.8) is 0 Å². The Labute approximate surface area is 199 Å². The van der Waals surface area contributed by atoms with Crippen LogP contribution >= 0.6 is 27.3 Å². The normalized spacial score (nSPS) is 12.2. The van der Waals surface area contributed by atoms with Crippen molar-refractivity contribution < 1.29 is 36.2 Å². The molecule has 33 heavy (non-hydrogen) atoms. The number of imidazole rings is 1. The van der Waals surface area contributed by atoms with Gasteiger partial charge in [-0.2, -0.15) is 13.2 Å². The molecule has 0 aliphatic carbocycles. The van der Waals surface area contributed by atoms with Crippen LogP contribution in [0.1, 0.15) is 24.0 Å². The Kier molecular flexibility index (Phi) is 7.36. The van der Waals surface area contributed by atoms with E-state index in [1.807, 2.05) is 0 Å². The average Bonchev–Trinajstić information content (AvgIpc) is 3.31. The number of aliphatic hydroxyl groups excluding tert-OH is 1. The lowest BCUT2D eigenvalue weighted by atomic mass is 10.1. The average molecular weight is 567 g/mol. The molecule has 0 saturated carbocycles. The number of nitrogens with zero attached hydrogens (tertiary/aromatic N) is 2. The molecular weight excluding hydrogens is 549 g/mol. The Morgan fingerprint density at radius 1 is 1.27 bits per heavy atom. The maximum Gasteiger partial charge on any atom is 0.436 e. The van der Waals surface area contributed by atoms with Crippen molar-refractivity contribution in [3.8, 4) is 15.4 Å². The maximum absolute atomic E-state index is 13.4. The zero-order valence-electron chi connectivity index (χ0n) is 17.3. The van der Waals surface area contributed by atoms with Gasteiger partial charge in [0.1, 0.15) is 21.8 Å². The fourth-order valence-corrected chi connectivity index (χ4v) is 5.90. The molecule has 0 aliphatic rings. The molecular formula is C20H18BrF3N2O5S2. The van der Waals surface area contributed by atoms with Gasteiger partial charge in [0.25, 0.3) is 0 Å². The lowest BCUT2D eigenvalue weighted by molar-refractivity contribution is -0.143. The van der Waals surface area contributed by atoms with E-state index < -0.39 is 40.7 Å². The van der Waals surface area contributed by atoms with E-state index in [-0.39, 0.29) is 27.5 Å². The Hall–Kier alpha value is -2.22. The van der Waals surface area contributed by atoms with Crippen molar-refractivity contribution in [1.29, 1.82) is 0 Å². The van der Waals surface area contributed by atoms with E-state index in [4.69, 9.17) is 4.74 Å². The lowest BCUT2D eigenvalue weighted by Gasteiger charge is -2.08. The molecule has 178 valence electrons. The Bertz CT molecular complexity index is 1300. The molecule has 2 aromatic heterocycles. The van der Waals surface area contributed by atoms with Gasteiger partial charge in [0.15, 0.2) is 15.5 Å². The van der Waals surface area contributed by atoms with Crippen molar-refractivity contribution in [2.24, 2.45) is 0 Å². The second kappa shape index (κ2) is 9.57. The number of sulfone groups is 1. The number of halogens is 4. The van der Waals surface area contributed by atoms with Crippen molar-refractivity contribution in [2.45, 2.75) is 31.0 Å². The van der Waals surface area contributed by atoms with Gasteiger partial charge in [-0.3, -0.25) is 9.36 Å². The van der Waals surface area contributed by atoms with Gasteiger partial charge in [0.05, 0.1) is 18.1 Å². The van der Waals surface area contributed by atoms with Crippen molar-refractivity contribution in [2.75, 3.05) is 12.9 Å². The first kappa shape index (κ1) is 25.4. The van der Waals surface area contributed by atoms with E-state index in [2.05, 4.69) is 20.9 Å². The molecule has 13 heteroatoms. The molecule has 1 N–H and O–H groups in total. The third-order valence-electron chi connectivity index (χ3n) is 4.50. The monoisotopic (exact) mass is 566 g/mol. The van der Waals surface area contributed by atoms with Gasteiger partial charge in [-0.25, -0.2) is 13.4 Å². The summed E-state index contributed by atoms with van der Waals surface area (Å²) in [7, 11) is -3.62. The van der Waals surface area contributed by atoms with Gasteiger partial charge < -0.3 is 9.84 Å². The number of thiophene rings is 1. The molecule has 0 amide bonds. The maximum atomic E-state index is 13.4. The summed E-state index contributed by atoms with van der Waals surface area (Å²) in [5.74, 6) is -0.882. The van der Waals surface area contributed by atoms with Gasteiger partial charge in [0.2, 0.25) is 0 Å². The minimum atomic E-state index is -4.75. The van der Waals surface area contributed by atoms with E-state index in [0.29, 0.717) is 15.4 Å². The second-order valence-electron chi connectivity index (χ2n) is 6.87. The summed E-state index contributed by atoms with van der Waals surface area (Å²) >= 11 is 4.03. The van der Waals surface area contributed by atoms with E-state index in [1.165, 1.54) is 16.7 Å². The van der Waals surface area contributed by atoms with Crippen molar-refractivity contribution in [1.82, 2.24) is 9.55 Å². The molecule has 0 bridgehead atoms. The van der Waals surface area contributed by atoms with E-state index in [1.54, 1.807) is 25.1 Å². The number of esters is 1. The number of aliphatic hydroxyl groups is 1. The van der Waals surface area contributed by atoms with E-state index in [9.17, 15) is 31.5 Å². The molecule has 3 aromatic rings. The summed E-state index contributed by atoms with van der Waals surface area (Å²) in [5, 5.41) is 9.75. The van der Waals surface area contributed by atoms with Crippen LogP contribution in [0.2, 0.25) is 0 Å². The number of benzene rings is 1. The van der Waals surface area contributed by atoms with Crippen LogP contribution in [0, 0.1) is 0 Å². The topological polar surface area (TPSA) is 98.5 Å². The predicted octanol–water partition coefficient (Wildman–Crippen LogP) is 4.38. The van der Waals surface area contributed by atoms with Crippen molar-refractivity contribution >= 4 is 43.1 Å². The number of carbonyl (C=O) groups excluding carboxylic acids is 1. The number of carbonyl (C=O) groups is 1. The summed E-state index contributed by atoms with van der Waals surface area (Å²) < 4.78 is 70.2. The third-order valence-corrected chi connectivity index (χ3v) is 7.53. The Morgan fingerprint density at radius 3 is 2.55 bits per heavy atom. The molecule has 0 fully saturated rings. The molecule has 2 heterocycles. The fourth-order valence-electron chi connectivity index (χ4n) is 3.09. The summed E-state index contributed by atoms with van der Waals surface area (Å²) in [6, 6.07) is 7.65. The zero-order valence-corrected chi connectivity index (χ0v) is 20.5. The summed E-state index contributed by atoms with van der Waals surface area (Å²) in [6.07, 6.45) is -4.20. The molecule has 0 atom stereocenters. The number of hydrogen-bond acceptors (Lipinski definition) is 7. The zero-order chi connectivity index (χ0) is 24.6. The molecule has 0 saturated heterocycles. The SMILES string of the molecule is CCOC(=O)Cc1nc(C(F)(F)F)c(Br)n1-c1ccc(-c2ccc(CO)c(S(C)(=O)=O)c2)s1. The van der Waals surface area contributed by atoms with Gasteiger partial charge in [-0.15, -0.1) is 11.3 Å². The second-order valence-corrected chi connectivity index (χ2v) is 10.7. The predicted molar refractivity (Wildman–Crippen MR) is 119 cm³/mol. The van der Waals surface area contributed by atoms with Crippen LogP contribution in [0.15, 0.2) is 39.8 Å². The first-order valence-electron chi connectivity index (χ1n) is 9.41. The lowest BCUT2D eigenvalue weighted by Crippen LogP contribution is -2.12. The van der Waals surface area contributed by atoms with E-state index >= 15 is 0 Å². The van der Waals surface area contributed by atoms with Crippen LogP contribution in [0.3, 0.4) is 0 Å². The Balaban J connectivity index is 2.11. The smallest absolute Gasteiger partial charge is 0.436 e. The minimum Gasteiger partial charge on any atom is -0.466 e. The van der Waals surface area contributed by atoms with Gasteiger partial charge in [-0.1, -0.05) is 12.1 Å². The highest BCUT2D eigenvalue weighted by atomic mass is 79.9. The van der Waals surface area contributed by atoms with Crippen LogP contribution in [0.5, 0.6) is 0 Å². The van der Waals surface area contributed by atoms with Crippen LogP contribution in [0.4, 0.5) is 13.2 Å².